The van der Waals surface area contributed by atoms with Gasteiger partial charge >= 0.3 is 0 Å². The molecule has 0 aromatic heterocycles. The molecule has 0 aromatic carbocycles. The second-order valence-electron chi connectivity index (χ2n) is 5.25. The van der Waals surface area contributed by atoms with Crippen molar-refractivity contribution in [3.63, 3.8) is 0 Å². The van der Waals surface area contributed by atoms with Gasteiger partial charge < -0.3 is 0 Å². The maximum absolute atomic E-state index is 2.52. The third-order valence-corrected chi connectivity index (χ3v) is 5.47. The second-order valence-corrected chi connectivity index (χ2v) is 8.32. The first kappa shape index (κ1) is 18.6. The van der Waals surface area contributed by atoms with Crippen LogP contribution in [0.3, 0.4) is 0 Å². The summed E-state index contributed by atoms with van der Waals surface area (Å²) in [5, 5.41) is 0. The fraction of sp³-hybridized carbons (Fsp3) is 1.00. The highest BCUT2D eigenvalue weighted by Gasteiger charge is 2.18. The number of hydrogen-bond acceptors (Lipinski definition) is 4. The van der Waals surface area contributed by atoms with Crippen molar-refractivity contribution in [1.82, 2.24) is 8.61 Å². The van der Waals surface area contributed by atoms with Crippen LogP contribution in [0.25, 0.3) is 0 Å². The normalized spacial score (nSPS) is 12.7. The van der Waals surface area contributed by atoms with Crippen LogP contribution in [0.5, 0.6) is 0 Å². The third kappa shape index (κ3) is 7.93. The van der Waals surface area contributed by atoms with Gasteiger partial charge in [-0.2, -0.15) is 0 Å². The van der Waals surface area contributed by atoms with Gasteiger partial charge in [0.15, 0.2) is 0 Å². The minimum absolute atomic E-state index is 0.591. The Morgan fingerprint density at radius 2 is 1.06 bits per heavy atom. The molecule has 0 aliphatic rings. The van der Waals surface area contributed by atoms with Crippen molar-refractivity contribution in [2.45, 2.75) is 78.0 Å². The van der Waals surface area contributed by atoms with Gasteiger partial charge in [-0.25, -0.2) is 8.61 Å². The van der Waals surface area contributed by atoms with Crippen molar-refractivity contribution in [2.24, 2.45) is 0 Å². The van der Waals surface area contributed by atoms with E-state index in [2.05, 4.69) is 57.1 Å². The molecule has 2 nitrogen and oxygen atoms in total. The zero-order chi connectivity index (χ0) is 14.1. The highest BCUT2D eigenvalue weighted by atomic mass is 32.2. The number of nitrogens with zero attached hydrogens (tertiary/aromatic N) is 2. The average molecular weight is 293 g/mol. The minimum atomic E-state index is 0.591. The first-order valence-corrected chi connectivity index (χ1v) is 8.96. The summed E-state index contributed by atoms with van der Waals surface area (Å²) in [6, 6.07) is 1.24. The Kier molecular flexibility index (Phi) is 10.8. The van der Waals surface area contributed by atoms with Crippen LogP contribution in [0.2, 0.25) is 0 Å². The Bertz CT molecular complexity index is 178. The molecular weight excluding hydrogens is 260 g/mol. The largest absolute Gasteiger partial charge is 0.247 e. The Morgan fingerprint density at radius 1 is 0.722 bits per heavy atom. The Morgan fingerprint density at radius 3 is 1.28 bits per heavy atom. The molecule has 0 spiro atoms. The summed E-state index contributed by atoms with van der Waals surface area (Å²) >= 11 is 4.01. The van der Waals surface area contributed by atoms with E-state index in [0.717, 1.165) is 0 Å². The van der Waals surface area contributed by atoms with Crippen LogP contribution in [0, 0.1) is 0 Å². The van der Waals surface area contributed by atoms with E-state index in [1.807, 2.05) is 23.9 Å². The fourth-order valence-corrected chi connectivity index (χ4v) is 4.35. The maximum Gasteiger partial charge on any atom is 0.0768 e. The van der Waals surface area contributed by atoms with E-state index in [-0.39, 0.29) is 0 Å². The van der Waals surface area contributed by atoms with Gasteiger partial charge in [0.05, 0.1) is 4.58 Å². The van der Waals surface area contributed by atoms with E-state index in [1.54, 1.807) is 0 Å². The highest BCUT2D eigenvalue weighted by Crippen LogP contribution is 2.31. The molecule has 0 radical (unpaired) electrons. The van der Waals surface area contributed by atoms with Gasteiger partial charge in [-0.05, 0) is 47.5 Å². The van der Waals surface area contributed by atoms with Gasteiger partial charge in [0, 0.05) is 25.2 Å². The van der Waals surface area contributed by atoms with E-state index in [9.17, 15) is 0 Å². The van der Waals surface area contributed by atoms with E-state index in [4.69, 9.17) is 0 Å². The molecule has 0 saturated heterocycles. The first-order valence-electron chi connectivity index (χ1n) is 7.29. The molecule has 0 aromatic rings. The van der Waals surface area contributed by atoms with Crippen LogP contribution in [0.15, 0.2) is 0 Å². The summed E-state index contributed by atoms with van der Waals surface area (Å²) in [6.07, 6.45) is 2.46. The van der Waals surface area contributed by atoms with Crippen LogP contribution in [-0.4, -0.2) is 38.4 Å². The molecule has 0 fully saturated rings. The molecule has 0 unspecified atom stereocenters. The molecule has 4 heteroatoms. The van der Waals surface area contributed by atoms with Gasteiger partial charge in [0.2, 0.25) is 0 Å². The molecule has 0 aliphatic heterocycles. The lowest BCUT2D eigenvalue weighted by Gasteiger charge is -2.31. The standard InChI is InChI=1S/C14H32N2S2/c1-8-10-15(12(3)4)17-14(7)18-16(11-9-2)13(5)6/h12-14H,8-11H2,1-7H3. The van der Waals surface area contributed by atoms with Crippen LogP contribution < -0.4 is 0 Å². The Hall–Kier alpha value is 0.620. The van der Waals surface area contributed by atoms with Crippen molar-refractivity contribution < 1.29 is 0 Å². The summed E-state index contributed by atoms with van der Waals surface area (Å²) in [5.74, 6) is 0. The van der Waals surface area contributed by atoms with Crippen molar-refractivity contribution in [2.75, 3.05) is 13.1 Å². The molecule has 110 valence electrons. The monoisotopic (exact) mass is 292 g/mol. The lowest BCUT2D eigenvalue weighted by Crippen LogP contribution is -2.30. The summed E-state index contributed by atoms with van der Waals surface area (Å²) in [4.78, 5) is 0. The van der Waals surface area contributed by atoms with Crippen molar-refractivity contribution >= 4 is 23.9 Å². The predicted molar refractivity (Wildman–Crippen MR) is 88.9 cm³/mol. The minimum Gasteiger partial charge on any atom is -0.247 e. The average Bonchev–Trinajstić information content (AvgIpc) is 2.27. The Balaban J connectivity index is 4.23. The zero-order valence-corrected chi connectivity index (χ0v) is 14.9. The van der Waals surface area contributed by atoms with E-state index in [0.29, 0.717) is 16.7 Å². The van der Waals surface area contributed by atoms with Gasteiger partial charge in [-0.1, -0.05) is 37.7 Å². The van der Waals surface area contributed by atoms with Gasteiger partial charge in [0.1, 0.15) is 0 Å². The van der Waals surface area contributed by atoms with Crippen molar-refractivity contribution in [3.8, 4) is 0 Å². The van der Waals surface area contributed by atoms with Crippen LogP contribution in [0.4, 0.5) is 0 Å². The van der Waals surface area contributed by atoms with Gasteiger partial charge in [-0.15, -0.1) is 0 Å². The SMILES string of the molecule is CCCN(SC(C)SN(CCC)C(C)C)C(C)C. The number of rotatable bonds is 10. The Labute approximate surface area is 124 Å². The van der Waals surface area contributed by atoms with Gasteiger partial charge in [0.25, 0.3) is 0 Å². The topological polar surface area (TPSA) is 6.48 Å². The molecule has 0 amide bonds. The molecule has 18 heavy (non-hydrogen) atoms. The van der Waals surface area contributed by atoms with Crippen LogP contribution in [0.1, 0.15) is 61.3 Å². The smallest absolute Gasteiger partial charge is 0.0768 e. The molecule has 0 aliphatic carbocycles. The second kappa shape index (κ2) is 10.4. The summed E-state index contributed by atoms with van der Waals surface area (Å²) < 4.78 is 5.62. The fourth-order valence-electron chi connectivity index (χ4n) is 1.71. The van der Waals surface area contributed by atoms with Crippen LogP contribution >= 0.6 is 23.9 Å². The molecule has 0 N–H and O–H groups in total. The van der Waals surface area contributed by atoms with Crippen molar-refractivity contribution in [3.05, 3.63) is 0 Å². The molecule has 0 rings (SSSR count). The molecule has 0 heterocycles. The lowest BCUT2D eigenvalue weighted by molar-refractivity contribution is 0.390. The summed E-state index contributed by atoms with van der Waals surface area (Å²) in [6.45, 7) is 18.3. The predicted octanol–water partition coefficient (Wildman–Crippen LogP) is 4.87. The van der Waals surface area contributed by atoms with Crippen LogP contribution in [-0.2, 0) is 0 Å². The quantitative estimate of drug-likeness (QED) is 0.418. The summed E-state index contributed by atoms with van der Waals surface area (Å²) in [5.41, 5.74) is 0. The molecular formula is C14H32N2S2. The zero-order valence-electron chi connectivity index (χ0n) is 13.3. The van der Waals surface area contributed by atoms with Gasteiger partial charge in [-0.3, -0.25) is 0 Å². The molecule has 0 atom stereocenters. The molecule has 0 bridgehead atoms. The highest BCUT2D eigenvalue weighted by molar-refractivity contribution is 8.14. The lowest BCUT2D eigenvalue weighted by atomic mass is 10.4. The van der Waals surface area contributed by atoms with Crippen molar-refractivity contribution in [1.29, 1.82) is 0 Å². The first-order chi connectivity index (χ1) is 8.42. The van der Waals surface area contributed by atoms with E-state index < -0.39 is 0 Å². The number of hydrogen-bond donors (Lipinski definition) is 0. The van der Waals surface area contributed by atoms with E-state index >= 15 is 0 Å². The molecule has 0 saturated carbocycles. The summed E-state index contributed by atoms with van der Waals surface area (Å²) in [7, 11) is 0. The van der Waals surface area contributed by atoms with E-state index in [1.165, 1.54) is 25.9 Å². The third-order valence-electron chi connectivity index (χ3n) is 2.61. The maximum atomic E-state index is 2.52.